The van der Waals surface area contributed by atoms with Gasteiger partial charge in [-0.05, 0) is 37.5 Å². The van der Waals surface area contributed by atoms with E-state index in [9.17, 15) is 9.90 Å². The van der Waals surface area contributed by atoms with Crippen LogP contribution < -0.4 is 5.32 Å². The van der Waals surface area contributed by atoms with Crippen molar-refractivity contribution in [1.82, 2.24) is 15.5 Å². The minimum Gasteiger partial charge on any atom is -0.463 e. The van der Waals surface area contributed by atoms with Gasteiger partial charge in [0.15, 0.2) is 5.76 Å². The van der Waals surface area contributed by atoms with Crippen LogP contribution in [-0.2, 0) is 0 Å². The molecule has 3 rings (SSSR count). The van der Waals surface area contributed by atoms with E-state index < -0.39 is 6.10 Å². The third-order valence-electron chi connectivity index (χ3n) is 3.88. The Morgan fingerprint density at radius 2 is 2.20 bits per heavy atom. The predicted octanol–water partition coefficient (Wildman–Crippen LogP) is 2.93. The normalized spacial score (nSPS) is 12.7. The Morgan fingerprint density at radius 3 is 2.88 bits per heavy atom. The van der Waals surface area contributed by atoms with Crippen LogP contribution in [0.5, 0.6) is 0 Å². The Balaban J connectivity index is 1.91. The van der Waals surface area contributed by atoms with E-state index in [0.29, 0.717) is 40.4 Å². The highest BCUT2D eigenvalue weighted by atomic mass is 16.5. The molecule has 3 aromatic rings. The van der Waals surface area contributed by atoms with Gasteiger partial charge in [0.25, 0.3) is 11.6 Å². The molecule has 1 unspecified atom stereocenters. The molecule has 0 aliphatic rings. The Bertz CT molecular complexity index is 868. The Hall–Kier alpha value is -2.67. The fourth-order valence-corrected chi connectivity index (χ4v) is 2.76. The maximum absolute atomic E-state index is 12.7. The van der Waals surface area contributed by atoms with Gasteiger partial charge in [0, 0.05) is 6.54 Å². The van der Waals surface area contributed by atoms with Gasteiger partial charge in [-0.3, -0.25) is 4.79 Å². The standard InChI is InChI=1S/C18H21N3O4/c1-10(2)7-12(22)9-19-17(23)13-8-14(15-5-4-6-24-15)20-18-16(13)11(3)21-25-18/h4-6,8,10,12,22H,7,9H2,1-3H3,(H,19,23). The Kier molecular flexibility index (Phi) is 4.85. The van der Waals surface area contributed by atoms with Crippen LogP contribution in [0, 0.1) is 12.8 Å². The maximum atomic E-state index is 12.7. The van der Waals surface area contributed by atoms with Crippen LogP contribution in [0.3, 0.4) is 0 Å². The summed E-state index contributed by atoms with van der Waals surface area (Å²) in [5.74, 6) is 0.574. The lowest BCUT2D eigenvalue weighted by Gasteiger charge is -2.14. The van der Waals surface area contributed by atoms with Gasteiger partial charge in [0.2, 0.25) is 0 Å². The largest absolute Gasteiger partial charge is 0.463 e. The maximum Gasteiger partial charge on any atom is 0.259 e. The predicted molar refractivity (Wildman–Crippen MR) is 92.0 cm³/mol. The highest BCUT2D eigenvalue weighted by Gasteiger charge is 2.20. The van der Waals surface area contributed by atoms with E-state index >= 15 is 0 Å². The van der Waals surface area contributed by atoms with Crippen LogP contribution in [0.25, 0.3) is 22.6 Å². The number of nitrogens with zero attached hydrogens (tertiary/aromatic N) is 2. The van der Waals surface area contributed by atoms with Gasteiger partial charge < -0.3 is 19.4 Å². The lowest BCUT2D eigenvalue weighted by atomic mass is 10.1. The third kappa shape index (κ3) is 3.71. The van der Waals surface area contributed by atoms with Crippen molar-refractivity contribution in [1.29, 1.82) is 0 Å². The second-order valence-electron chi connectivity index (χ2n) is 6.47. The number of aliphatic hydroxyl groups is 1. The number of amides is 1. The zero-order valence-corrected chi connectivity index (χ0v) is 14.4. The zero-order chi connectivity index (χ0) is 18.0. The summed E-state index contributed by atoms with van der Waals surface area (Å²) in [7, 11) is 0. The van der Waals surface area contributed by atoms with E-state index in [1.807, 2.05) is 13.8 Å². The van der Waals surface area contributed by atoms with E-state index in [0.717, 1.165) is 0 Å². The van der Waals surface area contributed by atoms with Crippen molar-refractivity contribution in [3.05, 3.63) is 35.7 Å². The van der Waals surface area contributed by atoms with E-state index in [1.54, 1.807) is 25.1 Å². The van der Waals surface area contributed by atoms with Crippen molar-refractivity contribution >= 4 is 17.0 Å². The second kappa shape index (κ2) is 7.06. The lowest BCUT2D eigenvalue weighted by molar-refractivity contribution is 0.0902. The Morgan fingerprint density at radius 1 is 1.40 bits per heavy atom. The van der Waals surface area contributed by atoms with Gasteiger partial charge in [-0.2, -0.15) is 0 Å². The molecule has 2 N–H and O–H groups in total. The number of fused-ring (bicyclic) bond motifs is 1. The minimum atomic E-state index is -0.589. The van der Waals surface area contributed by atoms with Crippen LogP contribution in [0.4, 0.5) is 0 Å². The molecular weight excluding hydrogens is 322 g/mol. The number of pyridine rings is 1. The molecule has 7 nitrogen and oxygen atoms in total. The molecule has 0 fully saturated rings. The summed E-state index contributed by atoms with van der Waals surface area (Å²) in [6.45, 7) is 5.98. The van der Waals surface area contributed by atoms with E-state index in [-0.39, 0.29) is 18.2 Å². The number of aromatic nitrogens is 2. The molecule has 0 aliphatic heterocycles. The topological polar surface area (TPSA) is 101 Å². The third-order valence-corrected chi connectivity index (χ3v) is 3.88. The molecule has 3 aromatic heterocycles. The molecule has 0 spiro atoms. The smallest absolute Gasteiger partial charge is 0.259 e. The van der Waals surface area contributed by atoms with E-state index in [4.69, 9.17) is 8.94 Å². The highest BCUT2D eigenvalue weighted by molar-refractivity contribution is 6.06. The van der Waals surface area contributed by atoms with Crippen molar-refractivity contribution in [2.75, 3.05) is 6.54 Å². The molecule has 0 aliphatic carbocycles. The second-order valence-corrected chi connectivity index (χ2v) is 6.47. The summed E-state index contributed by atoms with van der Waals surface area (Å²) in [6, 6.07) is 5.15. The number of hydrogen-bond donors (Lipinski definition) is 2. The number of carbonyl (C=O) groups is 1. The van der Waals surface area contributed by atoms with Gasteiger partial charge in [-0.1, -0.05) is 19.0 Å². The van der Waals surface area contributed by atoms with Crippen molar-refractivity contribution in [2.24, 2.45) is 5.92 Å². The van der Waals surface area contributed by atoms with Crippen molar-refractivity contribution < 1.29 is 18.8 Å². The van der Waals surface area contributed by atoms with Crippen molar-refractivity contribution in [3.8, 4) is 11.5 Å². The summed E-state index contributed by atoms with van der Waals surface area (Å²) < 4.78 is 10.6. The fourth-order valence-electron chi connectivity index (χ4n) is 2.76. The van der Waals surface area contributed by atoms with Crippen LogP contribution in [-0.4, -0.2) is 33.8 Å². The molecule has 25 heavy (non-hydrogen) atoms. The average Bonchev–Trinajstić information content (AvgIpc) is 3.21. The quantitative estimate of drug-likeness (QED) is 0.713. The number of carbonyl (C=O) groups excluding carboxylic acids is 1. The molecule has 0 saturated heterocycles. The van der Waals surface area contributed by atoms with Gasteiger partial charge in [-0.25, -0.2) is 4.98 Å². The number of aryl methyl sites for hydroxylation is 1. The van der Waals surface area contributed by atoms with E-state index in [2.05, 4.69) is 15.5 Å². The number of furan rings is 1. The van der Waals surface area contributed by atoms with Gasteiger partial charge in [0.05, 0.1) is 29.0 Å². The van der Waals surface area contributed by atoms with Crippen LogP contribution >= 0.6 is 0 Å². The molecule has 1 amide bonds. The number of aliphatic hydroxyl groups excluding tert-OH is 1. The summed E-state index contributed by atoms with van der Waals surface area (Å²) in [5, 5.41) is 17.2. The van der Waals surface area contributed by atoms with Gasteiger partial charge in [-0.15, -0.1) is 0 Å². The monoisotopic (exact) mass is 343 g/mol. The molecule has 0 bridgehead atoms. The summed E-state index contributed by atoms with van der Waals surface area (Å²) in [5.41, 5.74) is 1.74. The Labute approximate surface area is 145 Å². The first-order chi connectivity index (χ1) is 12.0. The van der Waals surface area contributed by atoms with Crippen molar-refractivity contribution in [2.45, 2.75) is 33.3 Å². The molecule has 0 radical (unpaired) electrons. The van der Waals surface area contributed by atoms with Gasteiger partial charge in [0.1, 0.15) is 5.69 Å². The van der Waals surface area contributed by atoms with E-state index in [1.165, 1.54) is 6.26 Å². The number of rotatable bonds is 6. The van der Waals surface area contributed by atoms with Gasteiger partial charge >= 0.3 is 0 Å². The first-order valence-electron chi connectivity index (χ1n) is 8.23. The molecule has 0 aromatic carbocycles. The number of nitrogens with one attached hydrogen (secondary N) is 1. The minimum absolute atomic E-state index is 0.182. The highest BCUT2D eigenvalue weighted by Crippen LogP contribution is 2.27. The lowest BCUT2D eigenvalue weighted by Crippen LogP contribution is -2.33. The summed E-state index contributed by atoms with van der Waals surface area (Å²) in [6.07, 6.45) is 1.57. The molecule has 3 heterocycles. The average molecular weight is 343 g/mol. The fraction of sp³-hybridized carbons (Fsp3) is 0.389. The van der Waals surface area contributed by atoms with Crippen molar-refractivity contribution in [3.63, 3.8) is 0 Å². The molecule has 1 atom stereocenters. The molecular formula is C18H21N3O4. The van der Waals surface area contributed by atoms with Crippen LogP contribution in [0.1, 0.15) is 36.3 Å². The summed E-state index contributed by atoms with van der Waals surface area (Å²) in [4.78, 5) is 17.0. The molecule has 132 valence electrons. The SMILES string of the molecule is Cc1noc2nc(-c3ccco3)cc(C(=O)NCC(O)CC(C)C)c12. The zero-order valence-electron chi connectivity index (χ0n) is 14.4. The first-order valence-corrected chi connectivity index (χ1v) is 8.23. The molecule has 7 heteroatoms. The molecule has 0 saturated carbocycles. The van der Waals surface area contributed by atoms with Crippen LogP contribution in [0.15, 0.2) is 33.4 Å². The first kappa shape index (κ1) is 17.2. The summed E-state index contributed by atoms with van der Waals surface area (Å²) >= 11 is 0. The van der Waals surface area contributed by atoms with Crippen LogP contribution in [0.2, 0.25) is 0 Å². The number of hydrogen-bond acceptors (Lipinski definition) is 6.